The van der Waals surface area contributed by atoms with Crippen LogP contribution in [0.25, 0.3) is 0 Å². The molecule has 9 heteroatoms. The first-order chi connectivity index (χ1) is 13.8. The van der Waals surface area contributed by atoms with Crippen LogP contribution in [0.5, 0.6) is 11.5 Å². The SMILES string of the molecule is COc1ccc([N+](=O)[O-])cc1S(=O)(=O)Oc1ccc(C(=O)c2ccccc2)cc1. The molecular formula is C20H15NO7S. The number of nitro benzene ring substituents is 1. The number of hydrogen-bond acceptors (Lipinski definition) is 7. The largest absolute Gasteiger partial charge is 0.495 e. The van der Waals surface area contributed by atoms with Gasteiger partial charge in [0.2, 0.25) is 0 Å². The van der Waals surface area contributed by atoms with Gasteiger partial charge in [0.1, 0.15) is 11.5 Å². The van der Waals surface area contributed by atoms with E-state index in [1.54, 1.807) is 30.3 Å². The molecule has 0 aliphatic carbocycles. The summed E-state index contributed by atoms with van der Waals surface area (Å²) in [4.78, 5) is 22.2. The van der Waals surface area contributed by atoms with Crippen LogP contribution in [-0.4, -0.2) is 26.2 Å². The van der Waals surface area contributed by atoms with Crippen LogP contribution in [0.2, 0.25) is 0 Å². The van der Waals surface area contributed by atoms with E-state index in [2.05, 4.69) is 0 Å². The topological polar surface area (TPSA) is 113 Å². The van der Waals surface area contributed by atoms with Crippen molar-refractivity contribution in [1.82, 2.24) is 0 Å². The summed E-state index contributed by atoms with van der Waals surface area (Å²) in [5.41, 5.74) is 0.431. The second kappa shape index (κ2) is 8.11. The summed E-state index contributed by atoms with van der Waals surface area (Å²) < 4.78 is 35.3. The maximum Gasteiger partial charge on any atom is 0.343 e. The van der Waals surface area contributed by atoms with Gasteiger partial charge >= 0.3 is 10.1 Å². The van der Waals surface area contributed by atoms with E-state index in [-0.39, 0.29) is 17.3 Å². The Kier molecular flexibility index (Phi) is 5.60. The van der Waals surface area contributed by atoms with E-state index >= 15 is 0 Å². The number of ketones is 1. The van der Waals surface area contributed by atoms with Crippen LogP contribution in [0, 0.1) is 10.1 Å². The van der Waals surface area contributed by atoms with Crippen LogP contribution >= 0.6 is 0 Å². The quantitative estimate of drug-likeness (QED) is 0.252. The zero-order chi connectivity index (χ0) is 21.0. The number of nitrogens with zero attached hydrogens (tertiary/aromatic N) is 1. The van der Waals surface area contributed by atoms with E-state index in [0.717, 1.165) is 12.1 Å². The fraction of sp³-hybridized carbons (Fsp3) is 0.0500. The molecule has 3 aromatic rings. The highest BCUT2D eigenvalue weighted by Gasteiger charge is 2.25. The molecule has 0 aromatic heterocycles. The molecule has 3 aromatic carbocycles. The van der Waals surface area contributed by atoms with Gasteiger partial charge in [-0.1, -0.05) is 30.3 Å². The lowest BCUT2D eigenvalue weighted by Crippen LogP contribution is -2.12. The summed E-state index contributed by atoms with van der Waals surface area (Å²) in [5, 5.41) is 11.0. The maximum atomic E-state index is 12.6. The number of non-ortho nitro benzene ring substituents is 1. The fourth-order valence-electron chi connectivity index (χ4n) is 2.56. The van der Waals surface area contributed by atoms with Gasteiger partial charge in [0.25, 0.3) is 5.69 Å². The molecule has 0 amide bonds. The van der Waals surface area contributed by atoms with Crippen molar-refractivity contribution in [1.29, 1.82) is 0 Å². The van der Waals surface area contributed by atoms with Crippen molar-refractivity contribution >= 4 is 21.6 Å². The molecular weight excluding hydrogens is 398 g/mol. The molecule has 0 atom stereocenters. The number of benzene rings is 3. The highest BCUT2D eigenvalue weighted by molar-refractivity contribution is 7.87. The van der Waals surface area contributed by atoms with Crippen LogP contribution in [0.15, 0.2) is 77.7 Å². The zero-order valence-electron chi connectivity index (χ0n) is 15.1. The van der Waals surface area contributed by atoms with Crippen molar-refractivity contribution in [2.45, 2.75) is 4.90 Å². The average molecular weight is 413 g/mol. The first kappa shape index (κ1) is 20.0. The maximum absolute atomic E-state index is 12.6. The Bertz CT molecular complexity index is 1160. The molecule has 3 rings (SSSR count). The highest BCUT2D eigenvalue weighted by atomic mass is 32.2. The van der Waals surface area contributed by atoms with E-state index in [9.17, 15) is 23.3 Å². The van der Waals surface area contributed by atoms with E-state index < -0.39 is 25.6 Å². The number of ether oxygens (including phenoxy) is 1. The molecule has 0 aliphatic heterocycles. The van der Waals surface area contributed by atoms with Gasteiger partial charge in [0.05, 0.1) is 12.0 Å². The Hall–Kier alpha value is -3.72. The van der Waals surface area contributed by atoms with Crippen LogP contribution in [0.4, 0.5) is 5.69 Å². The molecule has 148 valence electrons. The van der Waals surface area contributed by atoms with E-state index in [0.29, 0.717) is 11.1 Å². The lowest BCUT2D eigenvalue weighted by molar-refractivity contribution is -0.385. The van der Waals surface area contributed by atoms with E-state index in [1.165, 1.54) is 37.4 Å². The molecule has 0 saturated heterocycles. The van der Waals surface area contributed by atoms with Gasteiger partial charge in [-0.25, -0.2) is 0 Å². The van der Waals surface area contributed by atoms with Crippen molar-refractivity contribution in [3.8, 4) is 11.5 Å². The third kappa shape index (κ3) is 4.41. The number of rotatable bonds is 7. The van der Waals surface area contributed by atoms with E-state index in [4.69, 9.17) is 8.92 Å². The van der Waals surface area contributed by atoms with Crippen molar-refractivity contribution in [3.63, 3.8) is 0 Å². The molecule has 0 fully saturated rings. The molecule has 0 spiro atoms. The van der Waals surface area contributed by atoms with Crippen molar-refractivity contribution in [2.24, 2.45) is 0 Å². The van der Waals surface area contributed by atoms with Crippen molar-refractivity contribution in [2.75, 3.05) is 7.11 Å². The van der Waals surface area contributed by atoms with Crippen LogP contribution in [-0.2, 0) is 10.1 Å². The van der Waals surface area contributed by atoms with Crippen molar-refractivity contribution < 1.29 is 27.1 Å². The average Bonchev–Trinajstić information content (AvgIpc) is 2.73. The fourth-order valence-corrected chi connectivity index (χ4v) is 3.68. The lowest BCUT2D eigenvalue weighted by atomic mass is 10.0. The minimum Gasteiger partial charge on any atom is -0.495 e. The van der Waals surface area contributed by atoms with Gasteiger partial charge < -0.3 is 8.92 Å². The normalized spacial score (nSPS) is 10.9. The molecule has 0 bridgehead atoms. The molecule has 0 aliphatic rings. The van der Waals surface area contributed by atoms with Crippen LogP contribution in [0.1, 0.15) is 15.9 Å². The lowest BCUT2D eigenvalue weighted by Gasteiger charge is -2.11. The minimum absolute atomic E-state index is 0.0526. The van der Waals surface area contributed by atoms with Gasteiger partial charge in [0, 0.05) is 23.3 Å². The first-order valence-corrected chi connectivity index (χ1v) is 9.69. The Morgan fingerprint density at radius 1 is 0.931 bits per heavy atom. The Morgan fingerprint density at radius 2 is 1.55 bits per heavy atom. The van der Waals surface area contributed by atoms with E-state index in [1.807, 2.05) is 0 Å². The smallest absolute Gasteiger partial charge is 0.343 e. The van der Waals surface area contributed by atoms with Gasteiger partial charge in [-0.05, 0) is 30.3 Å². The molecule has 8 nitrogen and oxygen atoms in total. The molecule has 0 N–H and O–H groups in total. The second-order valence-electron chi connectivity index (χ2n) is 5.85. The first-order valence-electron chi connectivity index (χ1n) is 8.28. The predicted octanol–water partition coefficient (Wildman–Crippen LogP) is 3.60. The number of carbonyl (C=O) groups is 1. The van der Waals surface area contributed by atoms with Crippen LogP contribution < -0.4 is 8.92 Å². The second-order valence-corrected chi connectivity index (χ2v) is 7.36. The molecule has 29 heavy (non-hydrogen) atoms. The summed E-state index contributed by atoms with van der Waals surface area (Å²) in [7, 11) is -3.17. The number of methoxy groups -OCH3 is 1. The molecule has 0 unspecified atom stereocenters. The third-order valence-electron chi connectivity index (χ3n) is 3.99. The summed E-state index contributed by atoms with van der Waals surface area (Å²) in [5.74, 6) is -0.366. The van der Waals surface area contributed by atoms with Gasteiger partial charge in [0.15, 0.2) is 10.7 Å². The Morgan fingerprint density at radius 3 is 2.14 bits per heavy atom. The molecule has 0 saturated carbocycles. The standard InChI is InChI=1S/C20H15NO7S/c1-27-18-12-9-16(21(23)24)13-19(18)29(25,26)28-17-10-7-15(8-11-17)20(22)14-5-3-2-4-6-14/h2-13H,1H3. The Balaban J connectivity index is 1.87. The summed E-state index contributed by atoms with van der Waals surface area (Å²) >= 11 is 0. The summed E-state index contributed by atoms with van der Waals surface area (Å²) in [6.07, 6.45) is 0. The van der Waals surface area contributed by atoms with Gasteiger partial charge in [-0.15, -0.1) is 0 Å². The summed E-state index contributed by atoms with van der Waals surface area (Å²) in [6, 6.07) is 17.3. The van der Waals surface area contributed by atoms with Gasteiger partial charge in [-0.3, -0.25) is 14.9 Å². The third-order valence-corrected chi connectivity index (χ3v) is 5.26. The predicted molar refractivity (Wildman–Crippen MR) is 104 cm³/mol. The minimum atomic E-state index is -4.41. The number of nitro groups is 1. The van der Waals surface area contributed by atoms with Gasteiger partial charge in [-0.2, -0.15) is 8.42 Å². The monoisotopic (exact) mass is 413 g/mol. The zero-order valence-corrected chi connectivity index (χ0v) is 16.0. The highest BCUT2D eigenvalue weighted by Crippen LogP contribution is 2.30. The van der Waals surface area contributed by atoms with Crippen LogP contribution in [0.3, 0.4) is 0 Å². The van der Waals surface area contributed by atoms with Crippen molar-refractivity contribution in [3.05, 3.63) is 94.0 Å². The number of hydrogen-bond donors (Lipinski definition) is 0. The summed E-state index contributed by atoms with van der Waals surface area (Å²) in [6.45, 7) is 0. The Labute approximate surface area is 166 Å². The number of carbonyl (C=O) groups excluding carboxylic acids is 1. The molecule has 0 heterocycles. The molecule has 0 radical (unpaired) electrons.